The van der Waals surface area contributed by atoms with E-state index in [0.29, 0.717) is 25.4 Å². The summed E-state index contributed by atoms with van der Waals surface area (Å²) in [5, 5.41) is 13.6. The van der Waals surface area contributed by atoms with E-state index in [1.165, 1.54) is 0 Å². The Morgan fingerprint density at radius 1 is 1.71 bits per heavy atom. The largest absolute Gasteiger partial charge is 0.385 e. The zero-order valence-corrected chi connectivity index (χ0v) is 10.7. The van der Waals surface area contributed by atoms with Crippen LogP contribution >= 0.6 is 11.6 Å². The van der Waals surface area contributed by atoms with Crippen LogP contribution in [-0.4, -0.2) is 39.9 Å². The first kappa shape index (κ1) is 12.5. The number of halogens is 1. The molecule has 1 aliphatic rings. The quantitative estimate of drug-likeness (QED) is 0.801. The molecular formula is C11H16ClN3O2. The first-order valence-corrected chi connectivity index (χ1v) is 5.96. The Morgan fingerprint density at radius 2 is 2.47 bits per heavy atom. The second kappa shape index (κ2) is 4.76. The van der Waals surface area contributed by atoms with Gasteiger partial charge in [-0.15, -0.1) is 0 Å². The third-order valence-corrected chi connectivity index (χ3v) is 3.35. The van der Waals surface area contributed by atoms with Crippen molar-refractivity contribution in [1.29, 1.82) is 0 Å². The van der Waals surface area contributed by atoms with Gasteiger partial charge in [-0.3, -0.25) is 0 Å². The van der Waals surface area contributed by atoms with Gasteiger partial charge in [0.2, 0.25) is 5.28 Å². The second-order valence-corrected chi connectivity index (χ2v) is 4.73. The van der Waals surface area contributed by atoms with E-state index in [1.54, 1.807) is 6.20 Å². The van der Waals surface area contributed by atoms with Gasteiger partial charge in [-0.1, -0.05) is 0 Å². The van der Waals surface area contributed by atoms with Crippen LogP contribution < -0.4 is 5.32 Å². The van der Waals surface area contributed by atoms with Crippen molar-refractivity contribution in [2.24, 2.45) is 0 Å². The van der Waals surface area contributed by atoms with Crippen molar-refractivity contribution in [3.63, 3.8) is 0 Å². The molecule has 2 heterocycles. The minimum absolute atomic E-state index is 0.174. The minimum Gasteiger partial charge on any atom is -0.385 e. The van der Waals surface area contributed by atoms with Gasteiger partial charge >= 0.3 is 0 Å². The molecule has 1 aromatic heterocycles. The van der Waals surface area contributed by atoms with Gasteiger partial charge in [-0.25, -0.2) is 9.97 Å². The molecule has 0 saturated carbocycles. The molecule has 0 bridgehead atoms. The van der Waals surface area contributed by atoms with E-state index < -0.39 is 5.60 Å². The molecule has 0 aliphatic carbocycles. The summed E-state index contributed by atoms with van der Waals surface area (Å²) in [5.41, 5.74) is 0.0497. The van der Waals surface area contributed by atoms with Crippen LogP contribution in [-0.2, 0) is 4.74 Å². The van der Waals surface area contributed by atoms with Gasteiger partial charge in [-0.05, 0) is 25.4 Å². The van der Waals surface area contributed by atoms with Crippen LogP contribution in [0.5, 0.6) is 0 Å². The molecule has 2 rings (SSSR count). The summed E-state index contributed by atoms with van der Waals surface area (Å²) in [6.45, 7) is 4.73. The molecule has 6 heteroatoms. The van der Waals surface area contributed by atoms with Gasteiger partial charge < -0.3 is 15.2 Å². The average molecular weight is 258 g/mol. The molecule has 2 atom stereocenters. The Labute approximate surface area is 105 Å². The minimum atomic E-state index is -0.843. The second-order valence-electron chi connectivity index (χ2n) is 4.39. The van der Waals surface area contributed by atoms with Gasteiger partial charge in [0.1, 0.15) is 11.4 Å². The van der Waals surface area contributed by atoms with Crippen molar-refractivity contribution >= 4 is 17.4 Å². The topological polar surface area (TPSA) is 67.3 Å². The standard InChI is InChI=1S/C11H16ClN3O2/c1-7-5-13-10(12)15-9(7)14-6-11(16)3-4-17-8(11)2/h5,8,16H,3-4,6H2,1-2H3,(H,13,14,15). The summed E-state index contributed by atoms with van der Waals surface area (Å²) in [4.78, 5) is 7.96. The molecule has 2 N–H and O–H groups in total. The van der Waals surface area contributed by atoms with Crippen molar-refractivity contribution in [2.45, 2.75) is 32.0 Å². The average Bonchev–Trinajstić information content (AvgIpc) is 2.61. The Kier molecular flexibility index (Phi) is 3.51. The number of aliphatic hydroxyl groups is 1. The predicted octanol–water partition coefficient (Wildman–Crippen LogP) is 1.39. The number of aryl methyl sites for hydroxylation is 1. The van der Waals surface area contributed by atoms with E-state index in [2.05, 4.69) is 15.3 Å². The number of nitrogens with one attached hydrogen (secondary N) is 1. The number of hydrogen-bond donors (Lipinski definition) is 2. The van der Waals surface area contributed by atoms with Crippen molar-refractivity contribution in [3.05, 3.63) is 17.0 Å². The van der Waals surface area contributed by atoms with Crippen LogP contribution in [0.15, 0.2) is 6.20 Å². The maximum Gasteiger partial charge on any atom is 0.224 e. The number of nitrogens with zero attached hydrogens (tertiary/aromatic N) is 2. The third-order valence-electron chi connectivity index (χ3n) is 3.16. The molecule has 1 aromatic rings. The number of anilines is 1. The van der Waals surface area contributed by atoms with Crippen molar-refractivity contribution in [1.82, 2.24) is 9.97 Å². The monoisotopic (exact) mass is 257 g/mol. The van der Waals surface area contributed by atoms with Crippen LogP contribution in [0, 0.1) is 6.92 Å². The van der Waals surface area contributed by atoms with E-state index in [4.69, 9.17) is 16.3 Å². The summed E-state index contributed by atoms with van der Waals surface area (Å²) in [6, 6.07) is 0. The zero-order chi connectivity index (χ0) is 12.5. The lowest BCUT2D eigenvalue weighted by atomic mass is 9.97. The van der Waals surface area contributed by atoms with Crippen LogP contribution in [0.25, 0.3) is 0 Å². The Balaban J connectivity index is 2.04. The lowest BCUT2D eigenvalue weighted by Crippen LogP contribution is -2.43. The van der Waals surface area contributed by atoms with E-state index in [0.717, 1.165) is 5.56 Å². The number of hydrogen-bond acceptors (Lipinski definition) is 5. The normalized spacial score (nSPS) is 28.4. The molecular weight excluding hydrogens is 242 g/mol. The summed E-state index contributed by atoms with van der Waals surface area (Å²) in [6.07, 6.45) is 2.10. The van der Waals surface area contributed by atoms with Crippen LogP contribution in [0.2, 0.25) is 5.28 Å². The van der Waals surface area contributed by atoms with Gasteiger partial charge in [0.25, 0.3) is 0 Å². The Hall–Kier alpha value is -0.910. The van der Waals surface area contributed by atoms with E-state index in [9.17, 15) is 5.11 Å². The molecule has 17 heavy (non-hydrogen) atoms. The molecule has 0 radical (unpaired) electrons. The van der Waals surface area contributed by atoms with Gasteiger partial charge in [0.05, 0.1) is 6.10 Å². The fourth-order valence-corrected chi connectivity index (χ4v) is 1.97. The van der Waals surface area contributed by atoms with Crippen LogP contribution in [0.4, 0.5) is 5.82 Å². The smallest absolute Gasteiger partial charge is 0.224 e. The molecule has 1 saturated heterocycles. The SMILES string of the molecule is Cc1cnc(Cl)nc1NCC1(O)CCOC1C. The number of ether oxygens (including phenoxy) is 1. The lowest BCUT2D eigenvalue weighted by molar-refractivity contribution is -0.0176. The molecule has 5 nitrogen and oxygen atoms in total. The highest BCUT2D eigenvalue weighted by Gasteiger charge is 2.39. The number of rotatable bonds is 3. The third kappa shape index (κ3) is 2.68. The fourth-order valence-electron chi connectivity index (χ4n) is 1.84. The maximum atomic E-state index is 10.3. The first-order valence-electron chi connectivity index (χ1n) is 5.58. The summed E-state index contributed by atoms with van der Waals surface area (Å²) in [5.74, 6) is 0.650. The molecule has 0 amide bonds. The molecule has 0 aromatic carbocycles. The molecule has 2 unspecified atom stereocenters. The highest BCUT2D eigenvalue weighted by Crippen LogP contribution is 2.26. The fraction of sp³-hybridized carbons (Fsp3) is 0.636. The predicted molar refractivity (Wildman–Crippen MR) is 65.2 cm³/mol. The van der Waals surface area contributed by atoms with Crippen LogP contribution in [0.1, 0.15) is 18.9 Å². The molecule has 1 fully saturated rings. The molecule has 1 aliphatic heterocycles. The Morgan fingerprint density at radius 3 is 3.12 bits per heavy atom. The highest BCUT2D eigenvalue weighted by molar-refractivity contribution is 6.28. The Bertz CT molecular complexity index is 416. The number of aromatic nitrogens is 2. The summed E-state index contributed by atoms with van der Waals surface area (Å²) in [7, 11) is 0. The summed E-state index contributed by atoms with van der Waals surface area (Å²) < 4.78 is 5.36. The summed E-state index contributed by atoms with van der Waals surface area (Å²) >= 11 is 5.73. The molecule has 0 spiro atoms. The van der Waals surface area contributed by atoms with Crippen molar-refractivity contribution in [3.8, 4) is 0 Å². The van der Waals surface area contributed by atoms with Gasteiger partial charge in [-0.2, -0.15) is 0 Å². The lowest BCUT2D eigenvalue weighted by Gasteiger charge is -2.26. The van der Waals surface area contributed by atoms with Crippen molar-refractivity contribution < 1.29 is 9.84 Å². The van der Waals surface area contributed by atoms with E-state index in [1.807, 2.05) is 13.8 Å². The van der Waals surface area contributed by atoms with E-state index >= 15 is 0 Å². The van der Waals surface area contributed by atoms with Crippen molar-refractivity contribution in [2.75, 3.05) is 18.5 Å². The maximum absolute atomic E-state index is 10.3. The highest BCUT2D eigenvalue weighted by atomic mass is 35.5. The van der Waals surface area contributed by atoms with Gasteiger partial charge in [0, 0.05) is 31.3 Å². The molecule has 94 valence electrons. The van der Waals surface area contributed by atoms with Crippen LogP contribution in [0.3, 0.4) is 0 Å². The van der Waals surface area contributed by atoms with E-state index in [-0.39, 0.29) is 11.4 Å². The first-order chi connectivity index (χ1) is 8.01. The zero-order valence-electron chi connectivity index (χ0n) is 9.90. The van der Waals surface area contributed by atoms with Gasteiger partial charge in [0.15, 0.2) is 0 Å².